The fourth-order valence-electron chi connectivity index (χ4n) is 2.49. The lowest BCUT2D eigenvalue weighted by atomic mass is 10.0. The van der Waals surface area contributed by atoms with Gasteiger partial charge in [-0.15, -0.1) is 0 Å². The number of hydrogen-bond donors (Lipinski definition) is 1. The van der Waals surface area contributed by atoms with E-state index in [4.69, 9.17) is 4.74 Å². The van der Waals surface area contributed by atoms with E-state index < -0.39 is 24.3 Å². The highest BCUT2D eigenvalue weighted by Crippen LogP contribution is 2.11. The monoisotopic (exact) mass is 371 g/mol. The molecular weight excluding hydrogens is 349 g/mol. The van der Waals surface area contributed by atoms with E-state index in [0.717, 1.165) is 24.5 Å². The molecule has 0 aliphatic heterocycles. The van der Waals surface area contributed by atoms with Gasteiger partial charge in [-0.2, -0.15) is 0 Å². The maximum Gasteiger partial charge on any atom is 0.306 e. The first-order chi connectivity index (χ1) is 13.0. The van der Waals surface area contributed by atoms with E-state index in [1.165, 1.54) is 18.2 Å². The van der Waals surface area contributed by atoms with Gasteiger partial charge in [0.05, 0.1) is 6.42 Å². The summed E-state index contributed by atoms with van der Waals surface area (Å²) in [7, 11) is 0. The molecule has 1 amide bonds. The highest BCUT2D eigenvalue weighted by atomic mass is 19.1. The molecule has 27 heavy (non-hydrogen) atoms. The van der Waals surface area contributed by atoms with E-state index in [9.17, 15) is 18.8 Å². The maximum atomic E-state index is 13.0. The number of halogens is 1. The van der Waals surface area contributed by atoms with Crippen molar-refractivity contribution in [3.05, 3.63) is 65.5 Å². The van der Waals surface area contributed by atoms with Gasteiger partial charge in [-0.05, 0) is 30.2 Å². The topological polar surface area (TPSA) is 72.5 Å². The van der Waals surface area contributed by atoms with Gasteiger partial charge in [0.2, 0.25) is 0 Å². The van der Waals surface area contributed by atoms with Crippen LogP contribution in [0.5, 0.6) is 0 Å². The first-order valence-corrected chi connectivity index (χ1v) is 8.81. The number of Topliss-reactive ketones (excluding diaryl/α,β-unsaturated/α-hetero) is 1. The largest absolute Gasteiger partial charge is 0.456 e. The van der Waals surface area contributed by atoms with Gasteiger partial charge < -0.3 is 10.1 Å². The van der Waals surface area contributed by atoms with Gasteiger partial charge in [-0.25, -0.2) is 4.39 Å². The average molecular weight is 371 g/mol. The fraction of sp³-hybridized carbons (Fsp3) is 0.286. The molecule has 0 spiro atoms. The third-order valence-electron chi connectivity index (χ3n) is 3.84. The Balaban J connectivity index is 1.72. The van der Waals surface area contributed by atoms with Crippen LogP contribution in [-0.2, 0) is 20.7 Å². The molecule has 0 unspecified atom stereocenters. The zero-order valence-electron chi connectivity index (χ0n) is 15.2. The molecule has 0 atom stereocenters. The van der Waals surface area contributed by atoms with Crippen LogP contribution in [0.25, 0.3) is 0 Å². The van der Waals surface area contributed by atoms with Crippen molar-refractivity contribution in [1.29, 1.82) is 0 Å². The van der Waals surface area contributed by atoms with Crippen LogP contribution in [0.1, 0.15) is 42.1 Å². The molecule has 0 bridgehead atoms. The Morgan fingerprint density at radius 1 is 1.04 bits per heavy atom. The summed E-state index contributed by atoms with van der Waals surface area (Å²) in [5, 5.41) is 2.42. The highest BCUT2D eigenvalue weighted by molar-refractivity contribution is 5.98. The summed E-state index contributed by atoms with van der Waals surface area (Å²) in [5.41, 5.74) is 1.99. The molecule has 0 saturated heterocycles. The number of nitrogens with one attached hydrogen (secondary N) is 1. The van der Waals surface area contributed by atoms with E-state index in [2.05, 4.69) is 12.2 Å². The predicted molar refractivity (Wildman–Crippen MR) is 100.0 cm³/mol. The molecule has 2 aromatic rings. The molecule has 0 aromatic heterocycles. The predicted octanol–water partition coefficient (Wildman–Crippen LogP) is 3.92. The van der Waals surface area contributed by atoms with E-state index in [-0.39, 0.29) is 24.3 Å². The van der Waals surface area contributed by atoms with Crippen LogP contribution in [0, 0.1) is 5.82 Å². The number of ketones is 1. The van der Waals surface area contributed by atoms with Crippen LogP contribution in [0.15, 0.2) is 48.5 Å². The summed E-state index contributed by atoms with van der Waals surface area (Å²) in [6.07, 6.45) is 1.89. The molecule has 142 valence electrons. The van der Waals surface area contributed by atoms with Gasteiger partial charge in [0, 0.05) is 17.7 Å². The van der Waals surface area contributed by atoms with Crippen molar-refractivity contribution in [3.8, 4) is 0 Å². The van der Waals surface area contributed by atoms with Crippen molar-refractivity contribution in [2.45, 2.75) is 32.6 Å². The number of rotatable bonds is 9. The summed E-state index contributed by atoms with van der Waals surface area (Å²) in [5.74, 6) is -1.85. The number of carbonyl (C=O) groups is 3. The van der Waals surface area contributed by atoms with E-state index in [1.807, 2.05) is 12.1 Å². The molecule has 0 fully saturated rings. The third-order valence-corrected chi connectivity index (χ3v) is 3.84. The standard InChI is InChI=1S/C21H22FNO4/c1-2-4-15-7-9-16(10-8-15)19(24)11-12-21(26)27-14-20(25)23-18-6-3-5-17(22)13-18/h3,5-10,13H,2,4,11-12,14H2,1H3,(H,23,25). The van der Waals surface area contributed by atoms with Crippen molar-refractivity contribution in [2.75, 3.05) is 11.9 Å². The van der Waals surface area contributed by atoms with Gasteiger partial charge in [0.15, 0.2) is 12.4 Å². The lowest BCUT2D eigenvalue weighted by molar-refractivity contribution is -0.147. The molecular formula is C21H22FNO4. The Hall–Kier alpha value is -3.02. The summed E-state index contributed by atoms with van der Waals surface area (Å²) in [4.78, 5) is 35.5. The molecule has 1 N–H and O–H groups in total. The molecule has 0 heterocycles. The SMILES string of the molecule is CCCc1ccc(C(=O)CCC(=O)OCC(=O)Nc2cccc(F)c2)cc1. The van der Waals surface area contributed by atoms with Crippen molar-refractivity contribution in [1.82, 2.24) is 0 Å². The first-order valence-electron chi connectivity index (χ1n) is 8.81. The van der Waals surface area contributed by atoms with Gasteiger partial charge in [-0.1, -0.05) is 43.7 Å². The summed E-state index contributed by atoms with van der Waals surface area (Å²) < 4.78 is 17.9. The number of anilines is 1. The Morgan fingerprint density at radius 2 is 1.78 bits per heavy atom. The van der Waals surface area contributed by atoms with Crippen LogP contribution >= 0.6 is 0 Å². The number of hydrogen-bond acceptors (Lipinski definition) is 4. The molecule has 0 aliphatic rings. The third kappa shape index (κ3) is 7.01. The van der Waals surface area contributed by atoms with Gasteiger partial charge >= 0.3 is 5.97 Å². The molecule has 0 saturated carbocycles. The Morgan fingerprint density at radius 3 is 2.44 bits per heavy atom. The summed E-state index contributed by atoms with van der Waals surface area (Å²) >= 11 is 0. The second-order valence-corrected chi connectivity index (χ2v) is 6.09. The number of amides is 1. The van der Waals surface area contributed by atoms with Crippen molar-refractivity contribution in [3.63, 3.8) is 0 Å². The van der Waals surface area contributed by atoms with Crippen LogP contribution < -0.4 is 5.32 Å². The van der Waals surface area contributed by atoms with Crippen LogP contribution in [0.2, 0.25) is 0 Å². The lowest BCUT2D eigenvalue weighted by Gasteiger charge is -2.07. The fourth-order valence-corrected chi connectivity index (χ4v) is 2.49. The van der Waals surface area contributed by atoms with Gasteiger partial charge in [-0.3, -0.25) is 14.4 Å². The first kappa shape index (κ1) is 20.3. The minimum atomic E-state index is -0.639. The van der Waals surface area contributed by atoms with Gasteiger partial charge in [0.1, 0.15) is 5.82 Å². The number of benzene rings is 2. The molecule has 0 aliphatic carbocycles. The zero-order valence-corrected chi connectivity index (χ0v) is 15.2. The van der Waals surface area contributed by atoms with Crippen LogP contribution in [0.4, 0.5) is 10.1 Å². The van der Waals surface area contributed by atoms with Crippen molar-refractivity contribution in [2.24, 2.45) is 0 Å². The molecule has 6 heteroatoms. The second-order valence-electron chi connectivity index (χ2n) is 6.09. The minimum absolute atomic E-state index is 0.0114. The van der Waals surface area contributed by atoms with E-state index in [1.54, 1.807) is 12.1 Å². The quantitative estimate of drug-likeness (QED) is 0.536. The molecule has 2 rings (SSSR count). The van der Waals surface area contributed by atoms with Gasteiger partial charge in [0.25, 0.3) is 5.91 Å². The smallest absolute Gasteiger partial charge is 0.306 e. The molecule has 5 nitrogen and oxygen atoms in total. The number of ether oxygens (including phenoxy) is 1. The Bertz CT molecular complexity index is 802. The average Bonchev–Trinajstić information content (AvgIpc) is 2.65. The number of carbonyl (C=O) groups excluding carboxylic acids is 3. The summed E-state index contributed by atoms with van der Waals surface area (Å²) in [6, 6.07) is 12.7. The number of esters is 1. The van der Waals surface area contributed by atoms with Crippen LogP contribution in [-0.4, -0.2) is 24.3 Å². The van der Waals surface area contributed by atoms with Crippen LogP contribution in [0.3, 0.4) is 0 Å². The van der Waals surface area contributed by atoms with E-state index >= 15 is 0 Å². The second kappa shape index (κ2) is 10.2. The van der Waals surface area contributed by atoms with E-state index in [0.29, 0.717) is 5.56 Å². The Labute approximate surface area is 157 Å². The minimum Gasteiger partial charge on any atom is -0.456 e. The van der Waals surface area contributed by atoms with Crippen molar-refractivity contribution < 1.29 is 23.5 Å². The molecule has 2 aromatic carbocycles. The van der Waals surface area contributed by atoms with Crippen molar-refractivity contribution >= 4 is 23.3 Å². The Kier molecular flexibility index (Phi) is 7.67. The number of aryl methyl sites for hydroxylation is 1. The lowest BCUT2D eigenvalue weighted by Crippen LogP contribution is -2.21. The summed E-state index contributed by atoms with van der Waals surface area (Å²) in [6.45, 7) is 1.60. The molecule has 0 radical (unpaired) electrons. The maximum absolute atomic E-state index is 13.0. The normalized spacial score (nSPS) is 10.3. The highest BCUT2D eigenvalue weighted by Gasteiger charge is 2.12. The zero-order chi connectivity index (χ0) is 19.6.